The number of hydrogen-bond donors (Lipinski definition) is 0. The lowest BCUT2D eigenvalue weighted by Gasteiger charge is -2.79. The molecule has 0 heterocycles. The second kappa shape index (κ2) is 3.03. The molecule has 0 spiro atoms. The first-order valence-corrected chi connectivity index (χ1v) is 14.0. The smallest absolute Gasteiger partial charge is 0.0130 e. The van der Waals surface area contributed by atoms with E-state index in [0.717, 1.165) is 0 Å². The van der Waals surface area contributed by atoms with Crippen LogP contribution in [0.5, 0.6) is 0 Å². The van der Waals surface area contributed by atoms with E-state index in [-0.39, 0.29) is 0 Å². The first kappa shape index (κ1) is 19.2. The summed E-state index contributed by atoms with van der Waals surface area (Å²) in [6, 6.07) is 0. The molecule has 0 bridgehead atoms. The molecule has 176 valence electrons. The molecule has 0 aromatic carbocycles. The molecule has 12 aliphatic carbocycles. The minimum atomic E-state index is 0.625. The van der Waals surface area contributed by atoms with Gasteiger partial charge in [-0.05, 0) is 86.6 Å². The summed E-state index contributed by atoms with van der Waals surface area (Å²) in [7, 11) is 0. The Balaban J connectivity index is 0.0000001000. The molecule has 0 nitrogen and oxygen atoms in total. The van der Waals surface area contributed by atoms with E-state index >= 15 is 0 Å². The summed E-state index contributed by atoms with van der Waals surface area (Å²) in [5, 5.41) is 0. The van der Waals surface area contributed by atoms with Gasteiger partial charge in [-0.3, -0.25) is 0 Å². The van der Waals surface area contributed by atoms with Gasteiger partial charge in [-0.1, -0.05) is 111 Å². The maximum Gasteiger partial charge on any atom is -0.0130 e. The van der Waals surface area contributed by atoms with Crippen LogP contribution in [-0.2, 0) is 0 Å². The summed E-state index contributed by atoms with van der Waals surface area (Å²) in [6.07, 6.45) is 0. The minimum absolute atomic E-state index is 0.625. The highest BCUT2D eigenvalue weighted by atomic mass is 15.3. The van der Waals surface area contributed by atoms with Gasteiger partial charge in [0.05, 0.1) is 0 Å². The highest BCUT2D eigenvalue weighted by Crippen LogP contribution is 3.34. The summed E-state index contributed by atoms with van der Waals surface area (Å²) in [4.78, 5) is 0. The molecule has 12 aliphatic rings. The van der Waals surface area contributed by atoms with Gasteiger partial charge in [-0.2, -0.15) is 0 Å². The molecule has 0 heteroatoms. The van der Waals surface area contributed by atoms with Crippen molar-refractivity contribution in [2.75, 3.05) is 0 Å². The number of hydrogen-bond acceptors (Lipinski definition) is 0. The molecule has 12 fully saturated rings. The van der Waals surface area contributed by atoms with Gasteiger partial charge < -0.3 is 0 Å². The quantitative estimate of drug-likeness (QED) is 0.362. The fraction of sp³-hybridized carbons (Fsp3) is 1.00. The fourth-order valence-corrected chi connectivity index (χ4v) is 22.2. The average molecular weight is 433 g/mol. The Labute approximate surface area is 197 Å². The summed E-state index contributed by atoms with van der Waals surface area (Å²) in [5.74, 6) is 0. The molecular formula is C32H48. The van der Waals surface area contributed by atoms with E-state index in [1.54, 1.807) is 0 Å². The molecule has 0 aliphatic heterocycles. The van der Waals surface area contributed by atoms with E-state index in [0.29, 0.717) is 86.6 Å². The molecule has 0 radical (unpaired) electrons. The van der Waals surface area contributed by atoms with E-state index < -0.39 is 0 Å². The highest BCUT2D eigenvalue weighted by Gasteiger charge is 3.31. The van der Waals surface area contributed by atoms with Crippen molar-refractivity contribution in [1.82, 2.24) is 0 Å². The van der Waals surface area contributed by atoms with Crippen molar-refractivity contribution < 1.29 is 0 Å². The van der Waals surface area contributed by atoms with Crippen molar-refractivity contribution in [3.63, 3.8) is 0 Å². The summed E-state index contributed by atoms with van der Waals surface area (Å²) < 4.78 is 0. The predicted molar refractivity (Wildman–Crippen MR) is 130 cm³/mol. The number of rotatable bonds is 0. The summed E-state index contributed by atoms with van der Waals surface area (Å²) >= 11 is 0. The lowest BCUT2D eigenvalue weighted by Crippen LogP contribution is -2.76. The van der Waals surface area contributed by atoms with E-state index in [9.17, 15) is 0 Å². The Morgan fingerprint density at radius 2 is 0.156 bits per heavy atom. The monoisotopic (exact) mass is 432 g/mol. The Bertz CT molecular complexity index is 912. The van der Waals surface area contributed by atoms with Crippen molar-refractivity contribution in [1.29, 1.82) is 0 Å². The zero-order chi connectivity index (χ0) is 24.0. The van der Waals surface area contributed by atoms with Crippen LogP contribution in [0.1, 0.15) is 111 Å². The van der Waals surface area contributed by atoms with Gasteiger partial charge in [-0.15, -0.1) is 0 Å². The molecule has 12 saturated carbocycles. The van der Waals surface area contributed by atoms with Crippen molar-refractivity contribution in [3.8, 4) is 0 Å². The predicted octanol–water partition coefficient (Wildman–Crippen LogP) is 8.21. The van der Waals surface area contributed by atoms with Crippen LogP contribution in [-0.4, -0.2) is 0 Å². The third-order valence-corrected chi connectivity index (χ3v) is 23.8. The molecular weight excluding hydrogens is 384 g/mol. The SMILES string of the molecule is CC12C3(C)[C@]4(C)C5(C)C(C)([C@]1(C)[C@@]25C)[C@]34C.CC12C3(C)[C@]4(C)C5(C)C(C)([C@]1(C)[C@@]25C)[C@]34C. The van der Waals surface area contributed by atoms with Gasteiger partial charge in [0, 0.05) is 0 Å². The van der Waals surface area contributed by atoms with Gasteiger partial charge in [0.2, 0.25) is 0 Å². The molecule has 0 saturated heterocycles. The van der Waals surface area contributed by atoms with Crippen LogP contribution in [0.25, 0.3) is 0 Å². The van der Waals surface area contributed by atoms with Crippen LogP contribution in [0.2, 0.25) is 0 Å². The third-order valence-electron chi connectivity index (χ3n) is 23.8. The van der Waals surface area contributed by atoms with E-state index in [1.807, 2.05) is 0 Å². The Hall–Kier alpha value is 0. The molecule has 0 aromatic rings. The first-order valence-electron chi connectivity index (χ1n) is 14.0. The van der Waals surface area contributed by atoms with E-state index in [1.165, 1.54) is 0 Å². The normalized spacial score (nSPS) is 97.5. The zero-order valence-electron chi connectivity index (χ0n) is 24.0. The Morgan fingerprint density at radius 3 is 0.188 bits per heavy atom. The lowest BCUT2D eigenvalue weighted by molar-refractivity contribution is -0.332. The van der Waals surface area contributed by atoms with Gasteiger partial charge in [-0.25, -0.2) is 0 Å². The second-order valence-corrected chi connectivity index (χ2v) is 18.0. The second-order valence-electron chi connectivity index (χ2n) is 18.0. The fourth-order valence-electron chi connectivity index (χ4n) is 22.2. The molecule has 0 unspecified atom stereocenters. The Kier molecular flexibility index (Phi) is 1.82. The summed E-state index contributed by atoms with van der Waals surface area (Å²) in [6.45, 7) is 41.9. The molecule has 0 aromatic heterocycles. The van der Waals surface area contributed by atoms with E-state index in [4.69, 9.17) is 0 Å². The largest absolute Gasteiger partial charge is 0.0579 e. The minimum Gasteiger partial charge on any atom is -0.0579 e. The van der Waals surface area contributed by atoms with Crippen LogP contribution in [0.4, 0.5) is 0 Å². The van der Waals surface area contributed by atoms with Crippen molar-refractivity contribution >= 4 is 0 Å². The van der Waals surface area contributed by atoms with Crippen molar-refractivity contribution in [2.45, 2.75) is 111 Å². The van der Waals surface area contributed by atoms with Gasteiger partial charge in [0.25, 0.3) is 0 Å². The maximum atomic E-state index is 2.62. The van der Waals surface area contributed by atoms with Crippen LogP contribution in [0, 0.1) is 86.6 Å². The third kappa shape index (κ3) is 0.583. The molecule has 12 rings (SSSR count). The molecule has 0 N–H and O–H groups in total. The van der Waals surface area contributed by atoms with Crippen molar-refractivity contribution in [2.24, 2.45) is 86.6 Å². The van der Waals surface area contributed by atoms with Gasteiger partial charge in [0.1, 0.15) is 0 Å². The molecule has 32 heavy (non-hydrogen) atoms. The van der Waals surface area contributed by atoms with Crippen molar-refractivity contribution in [3.05, 3.63) is 0 Å². The summed E-state index contributed by atoms with van der Waals surface area (Å²) in [5.41, 5.74) is 10.1. The van der Waals surface area contributed by atoms with Crippen LogP contribution in [0.3, 0.4) is 0 Å². The Morgan fingerprint density at radius 1 is 0.125 bits per heavy atom. The highest BCUT2D eigenvalue weighted by molar-refractivity contribution is 5.76. The van der Waals surface area contributed by atoms with Gasteiger partial charge in [0.15, 0.2) is 0 Å². The first-order chi connectivity index (χ1) is 14.0. The van der Waals surface area contributed by atoms with Crippen LogP contribution >= 0.6 is 0 Å². The molecule has 0 atom stereocenters. The van der Waals surface area contributed by atoms with Gasteiger partial charge >= 0.3 is 0 Å². The average Bonchev–Trinajstić information content (AvgIpc) is 3.52. The van der Waals surface area contributed by atoms with Crippen LogP contribution in [0.15, 0.2) is 0 Å². The van der Waals surface area contributed by atoms with E-state index in [2.05, 4.69) is 111 Å². The topological polar surface area (TPSA) is 0 Å². The lowest BCUT2D eigenvalue weighted by atomic mass is 9.24. The zero-order valence-corrected chi connectivity index (χ0v) is 24.0. The molecule has 0 amide bonds. The maximum absolute atomic E-state index is 2.62. The van der Waals surface area contributed by atoms with Crippen LogP contribution < -0.4 is 0 Å². The standard InChI is InChI=1S/2C16H24/c2*1-9-10(2)13(9,5)14(6)11(3)12(14,4)16(10,8)15(9,11)7/h2*1-8H3/t2*9-,10+,11+,12-,13?,14?,15?,16?.